The molecule has 2 rings (SSSR count). The lowest BCUT2D eigenvalue weighted by Gasteiger charge is -2.38. The van der Waals surface area contributed by atoms with Crippen molar-refractivity contribution in [3.8, 4) is 6.07 Å². The van der Waals surface area contributed by atoms with Crippen LogP contribution in [0.15, 0.2) is 12.1 Å². The molecule has 0 N–H and O–H groups in total. The summed E-state index contributed by atoms with van der Waals surface area (Å²) in [5.41, 5.74) is 0.367. The van der Waals surface area contributed by atoms with E-state index < -0.39 is 0 Å². The molecule has 1 saturated heterocycles. The Morgan fingerprint density at radius 3 is 2.47 bits per heavy atom. The Hall–Kier alpha value is -1.67. The first-order chi connectivity index (χ1) is 9.11. The monoisotopic (exact) mass is 259 g/mol. The van der Waals surface area contributed by atoms with Gasteiger partial charge in [0.1, 0.15) is 6.07 Å². The van der Waals surface area contributed by atoms with Gasteiger partial charge in [0.15, 0.2) is 11.5 Å². The van der Waals surface area contributed by atoms with Gasteiger partial charge in [-0.1, -0.05) is 0 Å². The van der Waals surface area contributed by atoms with Crippen molar-refractivity contribution in [2.45, 2.75) is 38.8 Å². The van der Waals surface area contributed by atoms with E-state index in [4.69, 9.17) is 5.26 Å². The molecular weight excluding hydrogens is 238 g/mol. The number of nitrogens with zero attached hydrogens (tertiary/aromatic N) is 5. The Morgan fingerprint density at radius 1 is 1.32 bits per heavy atom. The van der Waals surface area contributed by atoms with Crippen molar-refractivity contribution in [2.24, 2.45) is 0 Å². The van der Waals surface area contributed by atoms with Crippen molar-refractivity contribution in [3.63, 3.8) is 0 Å². The molecule has 0 spiro atoms. The Bertz CT molecular complexity index is 440. The lowest BCUT2D eigenvalue weighted by molar-refractivity contribution is 0.171. The molecule has 0 bridgehead atoms. The van der Waals surface area contributed by atoms with E-state index in [1.54, 1.807) is 6.07 Å². The molecule has 0 aromatic carbocycles. The lowest BCUT2D eigenvalue weighted by Crippen LogP contribution is -2.46. The minimum atomic E-state index is 0.367. The van der Waals surface area contributed by atoms with Crippen molar-refractivity contribution in [1.82, 2.24) is 15.1 Å². The van der Waals surface area contributed by atoms with Crippen molar-refractivity contribution in [3.05, 3.63) is 17.8 Å². The summed E-state index contributed by atoms with van der Waals surface area (Å²) in [5, 5.41) is 16.7. The molecule has 1 aromatic rings. The number of aromatic nitrogens is 2. The third kappa shape index (κ3) is 3.21. The zero-order valence-electron chi connectivity index (χ0n) is 11.9. The Kier molecular flexibility index (Phi) is 4.33. The van der Waals surface area contributed by atoms with Crippen LogP contribution in [0.25, 0.3) is 0 Å². The van der Waals surface area contributed by atoms with Gasteiger partial charge in [0.05, 0.1) is 0 Å². The minimum Gasteiger partial charge on any atom is -0.355 e. The number of rotatable bonds is 3. The molecule has 0 saturated carbocycles. The largest absolute Gasteiger partial charge is 0.355 e. The topological polar surface area (TPSA) is 56.0 Å². The number of piperidine rings is 1. The van der Waals surface area contributed by atoms with Gasteiger partial charge < -0.3 is 9.80 Å². The van der Waals surface area contributed by atoms with Gasteiger partial charge in [-0.25, -0.2) is 0 Å². The molecule has 2 heterocycles. The van der Waals surface area contributed by atoms with Crippen LogP contribution in [0.5, 0.6) is 0 Å². The van der Waals surface area contributed by atoms with Crippen LogP contribution in [0.2, 0.25) is 0 Å². The zero-order valence-corrected chi connectivity index (χ0v) is 11.9. The average Bonchev–Trinajstić information content (AvgIpc) is 2.46. The number of anilines is 1. The molecule has 0 amide bonds. The third-order valence-electron chi connectivity index (χ3n) is 3.90. The molecule has 0 atom stereocenters. The van der Waals surface area contributed by atoms with Crippen LogP contribution < -0.4 is 4.90 Å². The molecule has 1 aliphatic heterocycles. The highest BCUT2D eigenvalue weighted by Gasteiger charge is 2.24. The fourth-order valence-corrected chi connectivity index (χ4v) is 2.55. The molecule has 0 radical (unpaired) electrons. The summed E-state index contributed by atoms with van der Waals surface area (Å²) in [7, 11) is 2.06. The van der Waals surface area contributed by atoms with Gasteiger partial charge in [-0.15, -0.1) is 10.2 Å². The standard InChI is InChI=1S/C14H21N5/c1-11(2)19-8-6-13(7-9-19)18(3)14-5-4-12(10-15)16-17-14/h4-5,11,13H,6-9H2,1-3H3. The molecule has 5 nitrogen and oxygen atoms in total. The zero-order chi connectivity index (χ0) is 13.8. The number of hydrogen-bond acceptors (Lipinski definition) is 5. The van der Waals surface area contributed by atoms with E-state index in [1.807, 2.05) is 12.1 Å². The van der Waals surface area contributed by atoms with Crippen LogP contribution >= 0.6 is 0 Å². The molecule has 1 fully saturated rings. The first-order valence-electron chi connectivity index (χ1n) is 6.82. The summed E-state index contributed by atoms with van der Waals surface area (Å²) >= 11 is 0. The van der Waals surface area contributed by atoms with E-state index in [2.05, 4.69) is 40.9 Å². The average molecular weight is 259 g/mol. The van der Waals surface area contributed by atoms with Crippen LogP contribution in [-0.4, -0.2) is 47.3 Å². The van der Waals surface area contributed by atoms with Gasteiger partial charge in [-0.3, -0.25) is 0 Å². The summed E-state index contributed by atoms with van der Waals surface area (Å²) in [6.07, 6.45) is 2.30. The number of nitriles is 1. The van der Waals surface area contributed by atoms with Crippen molar-refractivity contribution in [2.75, 3.05) is 25.0 Å². The fraction of sp³-hybridized carbons (Fsp3) is 0.643. The van der Waals surface area contributed by atoms with Crippen LogP contribution in [0, 0.1) is 11.3 Å². The normalized spacial score (nSPS) is 17.4. The van der Waals surface area contributed by atoms with E-state index in [-0.39, 0.29) is 0 Å². The first kappa shape index (κ1) is 13.8. The maximum atomic E-state index is 8.73. The predicted molar refractivity (Wildman–Crippen MR) is 74.9 cm³/mol. The van der Waals surface area contributed by atoms with Gasteiger partial charge in [0, 0.05) is 32.2 Å². The van der Waals surface area contributed by atoms with Gasteiger partial charge in [-0.2, -0.15) is 5.26 Å². The van der Waals surface area contributed by atoms with Crippen LogP contribution in [-0.2, 0) is 0 Å². The second kappa shape index (κ2) is 5.98. The SMILES string of the molecule is CC(C)N1CCC(N(C)c2ccc(C#N)nn2)CC1. The van der Waals surface area contributed by atoms with Gasteiger partial charge >= 0.3 is 0 Å². The molecule has 1 aliphatic rings. The van der Waals surface area contributed by atoms with E-state index in [0.29, 0.717) is 17.8 Å². The van der Waals surface area contributed by atoms with Crippen LogP contribution in [0.3, 0.4) is 0 Å². The molecule has 0 unspecified atom stereocenters. The Balaban J connectivity index is 1.97. The number of likely N-dealkylation sites (tertiary alicyclic amines) is 1. The molecule has 5 heteroatoms. The summed E-state index contributed by atoms with van der Waals surface area (Å²) in [6, 6.07) is 6.73. The van der Waals surface area contributed by atoms with Gasteiger partial charge in [0.25, 0.3) is 0 Å². The summed E-state index contributed by atoms with van der Waals surface area (Å²) in [5.74, 6) is 0.849. The van der Waals surface area contributed by atoms with Crippen LogP contribution in [0.1, 0.15) is 32.4 Å². The highest BCUT2D eigenvalue weighted by atomic mass is 15.3. The molecule has 0 aliphatic carbocycles. The fourth-order valence-electron chi connectivity index (χ4n) is 2.55. The number of hydrogen-bond donors (Lipinski definition) is 0. The van der Waals surface area contributed by atoms with E-state index in [9.17, 15) is 0 Å². The molecular formula is C14H21N5. The van der Waals surface area contributed by atoms with Gasteiger partial charge in [0.2, 0.25) is 0 Å². The minimum absolute atomic E-state index is 0.367. The van der Waals surface area contributed by atoms with E-state index >= 15 is 0 Å². The second-order valence-corrected chi connectivity index (χ2v) is 5.36. The molecule has 19 heavy (non-hydrogen) atoms. The third-order valence-corrected chi connectivity index (χ3v) is 3.90. The van der Waals surface area contributed by atoms with Crippen molar-refractivity contribution >= 4 is 5.82 Å². The van der Waals surface area contributed by atoms with Crippen molar-refractivity contribution in [1.29, 1.82) is 5.26 Å². The smallest absolute Gasteiger partial charge is 0.163 e. The van der Waals surface area contributed by atoms with Crippen LogP contribution in [0.4, 0.5) is 5.82 Å². The Morgan fingerprint density at radius 2 is 2.00 bits per heavy atom. The van der Waals surface area contributed by atoms with E-state index in [0.717, 1.165) is 31.7 Å². The lowest BCUT2D eigenvalue weighted by atomic mass is 10.0. The highest BCUT2D eigenvalue weighted by Crippen LogP contribution is 2.21. The quantitative estimate of drug-likeness (QED) is 0.826. The van der Waals surface area contributed by atoms with E-state index in [1.165, 1.54) is 0 Å². The van der Waals surface area contributed by atoms with Crippen molar-refractivity contribution < 1.29 is 0 Å². The maximum absolute atomic E-state index is 8.73. The summed E-state index contributed by atoms with van der Waals surface area (Å²) in [4.78, 5) is 4.70. The predicted octanol–water partition coefficient (Wildman–Crippen LogP) is 1.66. The van der Waals surface area contributed by atoms with Gasteiger partial charge in [-0.05, 0) is 38.8 Å². The maximum Gasteiger partial charge on any atom is 0.163 e. The highest BCUT2D eigenvalue weighted by molar-refractivity contribution is 5.39. The first-order valence-corrected chi connectivity index (χ1v) is 6.82. The molecule has 1 aromatic heterocycles. The Labute approximate surface area is 114 Å². The summed E-state index contributed by atoms with van der Waals surface area (Å²) < 4.78 is 0. The molecule has 102 valence electrons. The summed E-state index contributed by atoms with van der Waals surface area (Å²) in [6.45, 7) is 6.76. The second-order valence-electron chi connectivity index (χ2n) is 5.36.